The normalized spacial score (nSPS) is 17.8. The van der Waals surface area contributed by atoms with Gasteiger partial charge in [0.15, 0.2) is 5.76 Å². The van der Waals surface area contributed by atoms with E-state index in [4.69, 9.17) is 4.52 Å². The largest absolute Gasteiger partial charge is 0.360 e. The van der Waals surface area contributed by atoms with Crippen LogP contribution in [-0.2, 0) is 6.54 Å². The van der Waals surface area contributed by atoms with Crippen LogP contribution in [-0.4, -0.2) is 24.3 Å². The number of nitrogens with zero attached hydrogens (tertiary/aromatic N) is 1. The first-order valence-electron chi connectivity index (χ1n) is 4.21. The molecule has 0 amide bonds. The molecule has 1 aromatic heterocycles. The van der Waals surface area contributed by atoms with Crippen LogP contribution in [0.5, 0.6) is 0 Å². The first-order chi connectivity index (χ1) is 5.84. The zero-order chi connectivity index (χ0) is 8.39. The third-order valence-electron chi connectivity index (χ3n) is 2.02. The molecule has 1 aliphatic heterocycles. The van der Waals surface area contributed by atoms with Crippen LogP contribution >= 0.6 is 0 Å². The number of aromatic nitrogens is 1. The molecule has 4 heteroatoms. The molecule has 0 unspecified atom stereocenters. The zero-order valence-corrected chi connectivity index (χ0v) is 7.13. The molecule has 1 aliphatic rings. The highest BCUT2D eigenvalue weighted by atomic mass is 16.5. The lowest BCUT2D eigenvalue weighted by Gasteiger charge is -2.27. The predicted molar refractivity (Wildman–Crippen MR) is 44.7 cm³/mol. The molecule has 0 saturated carbocycles. The van der Waals surface area contributed by atoms with Crippen molar-refractivity contribution in [2.75, 3.05) is 13.1 Å². The zero-order valence-electron chi connectivity index (χ0n) is 7.13. The van der Waals surface area contributed by atoms with E-state index in [2.05, 4.69) is 15.8 Å². The van der Waals surface area contributed by atoms with Crippen molar-refractivity contribution in [3.8, 4) is 0 Å². The van der Waals surface area contributed by atoms with Crippen molar-refractivity contribution < 1.29 is 4.52 Å². The summed E-state index contributed by atoms with van der Waals surface area (Å²) in [5.41, 5.74) is 0.943. The number of hydrogen-bond donors (Lipinski definition) is 2. The summed E-state index contributed by atoms with van der Waals surface area (Å²) in [7, 11) is 0. The second-order valence-electron chi connectivity index (χ2n) is 3.17. The second-order valence-corrected chi connectivity index (χ2v) is 3.17. The lowest BCUT2D eigenvalue weighted by Crippen LogP contribution is -2.54. The average Bonchev–Trinajstić information content (AvgIpc) is 2.32. The molecule has 2 rings (SSSR count). The maximum atomic E-state index is 5.05. The fourth-order valence-electron chi connectivity index (χ4n) is 1.18. The van der Waals surface area contributed by atoms with E-state index in [1.807, 2.05) is 13.0 Å². The molecule has 0 aromatic carbocycles. The van der Waals surface area contributed by atoms with Gasteiger partial charge in [-0.15, -0.1) is 0 Å². The maximum Gasteiger partial charge on any atom is 0.150 e. The van der Waals surface area contributed by atoms with E-state index in [9.17, 15) is 0 Å². The van der Waals surface area contributed by atoms with Crippen molar-refractivity contribution in [1.29, 1.82) is 0 Å². The first-order valence-corrected chi connectivity index (χ1v) is 4.21. The van der Waals surface area contributed by atoms with Gasteiger partial charge in [0.05, 0.1) is 12.2 Å². The van der Waals surface area contributed by atoms with Gasteiger partial charge in [0.25, 0.3) is 0 Å². The SMILES string of the molecule is Cc1cc(CNC2CNC2)on1. The van der Waals surface area contributed by atoms with Crippen LogP contribution in [0.1, 0.15) is 11.5 Å². The smallest absolute Gasteiger partial charge is 0.150 e. The molecule has 2 N–H and O–H groups in total. The van der Waals surface area contributed by atoms with Crippen molar-refractivity contribution in [1.82, 2.24) is 15.8 Å². The quantitative estimate of drug-likeness (QED) is 0.667. The molecule has 4 nitrogen and oxygen atoms in total. The van der Waals surface area contributed by atoms with E-state index >= 15 is 0 Å². The van der Waals surface area contributed by atoms with Crippen LogP contribution in [0.2, 0.25) is 0 Å². The van der Waals surface area contributed by atoms with Gasteiger partial charge < -0.3 is 15.2 Å². The third kappa shape index (κ3) is 1.65. The summed E-state index contributed by atoms with van der Waals surface area (Å²) in [5, 5.41) is 10.4. The van der Waals surface area contributed by atoms with Crippen molar-refractivity contribution in [2.45, 2.75) is 19.5 Å². The Labute approximate surface area is 71.3 Å². The monoisotopic (exact) mass is 167 g/mol. The van der Waals surface area contributed by atoms with E-state index in [1.165, 1.54) is 0 Å². The van der Waals surface area contributed by atoms with Gasteiger partial charge in [0, 0.05) is 25.2 Å². The molecule has 0 aliphatic carbocycles. The van der Waals surface area contributed by atoms with Crippen LogP contribution in [0.25, 0.3) is 0 Å². The minimum Gasteiger partial charge on any atom is -0.360 e. The van der Waals surface area contributed by atoms with Gasteiger partial charge in [-0.3, -0.25) is 0 Å². The van der Waals surface area contributed by atoms with Crippen LogP contribution in [0.3, 0.4) is 0 Å². The van der Waals surface area contributed by atoms with Gasteiger partial charge in [0.1, 0.15) is 0 Å². The molecule has 12 heavy (non-hydrogen) atoms. The van der Waals surface area contributed by atoms with Crippen LogP contribution in [0, 0.1) is 6.92 Å². The second kappa shape index (κ2) is 3.25. The molecule has 0 radical (unpaired) electrons. The molecule has 0 atom stereocenters. The van der Waals surface area contributed by atoms with Crippen LogP contribution in [0.4, 0.5) is 0 Å². The maximum absolute atomic E-state index is 5.05. The van der Waals surface area contributed by atoms with Gasteiger partial charge in [-0.2, -0.15) is 0 Å². The molecular formula is C8H13N3O. The van der Waals surface area contributed by atoms with E-state index in [0.29, 0.717) is 6.04 Å². The molecule has 1 fully saturated rings. The Morgan fingerprint density at radius 2 is 2.58 bits per heavy atom. The molecule has 66 valence electrons. The highest BCUT2D eigenvalue weighted by Gasteiger charge is 2.15. The average molecular weight is 167 g/mol. The van der Waals surface area contributed by atoms with Crippen molar-refractivity contribution >= 4 is 0 Å². The highest BCUT2D eigenvalue weighted by Crippen LogP contribution is 2.02. The minimum absolute atomic E-state index is 0.607. The Balaban J connectivity index is 1.79. The Bertz CT molecular complexity index is 255. The summed E-state index contributed by atoms with van der Waals surface area (Å²) >= 11 is 0. The van der Waals surface area contributed by atoms with Gasteiger partial charge in [-0.05, 0) is 6.92 Å². The Hall–Kier alpha value is -0.870. The summed E-state index contributed by atoms with van der Waals surface area (Å²) in [6.45, 7) is 4.84. The predicted octanol–water partition coefficient (Wildman–Crippen LogP) is 0.0444. The number of hydrogen-bond acceptors (Lipinski definition) is 4. The fourth-order valence-corrected chi connectivity index (χ4v) is 1.18. The number of nitrogens with one attached hydrogen (secondary N) is 2. The van der Waals surface area contributed by atoms with E-state index in [0.717, 1.165) is 31.1 Å². The Kier molecular flexibility index (Phi) is 2.10. The van der Waals surface area contributed by atoms with E-state index in [1.54, 1.807) is 0 Å². The lowest BCUT2D eigenvalue weighted by atomic mass is 10.2. The molecule has 2 heterocycles. The fraction of sp³-hybridized carbons (Fsp3) is 0.625. The summed E-state index contributed by atoms with van der Waals surface area (Å²) < 4.78 is 5.05. The van der Waals surface area contributed by atoms with Crippen LogP contribution in [0.15, 0.2) is 10.6 Å². The molecule has 0 spiro atoms. The van der Waals surface area contributed by atoms with E-state index < -0.39 is 0 Å². The molecule has 1 aromatic rings. The molecular weight excluding hydrogens is 154 g/mol. The lowest BCUT2D eigenvalue weighted by molar-refractivity contribution is 0.325. The Morgan fingerprint density at radius 3 is 3.08 bits per heavy atom. The van der Waals surface area contributed by atoms with Crippen molar-refractivity contribution in [3.05, 3.63) is 17.5 Å². The van der Waals surface area contributed by atoms with E-state index in [-0.39, 0.29) is 0 Å². The summed E-state index contributed by atoms with van der Waals surface area (Å²) in [5.74, 6) is 0.916. The summed E-state index contributed by atoms with van der Waals surface area (Å²) in [4.78, 5) is 0. The number of rotatable bonds is 3. The van der Waals surface area contributed by atoms with Gasteiger partial charge >= 0.3 is 0 Å². The van der Waals surface area contributed by atoms with Gasteiger partial charge in [-0.1, -0.05) is 5.16 Å². The first kappa shape index (κ1) is 7.76. The van der Waals surface area contributed by atoms with Gasteiger partial charge in [-0.25, -0.2) is 0 Å². The highest BCUT2D eigenvalue weighted by molar-refractivity contribution is 5.03. The van der Waals surface area contributed by atoms with Crippen molar-refractivity contribution in [2.24, 2.45) is 0 Å². The van der Waals surface area contributed by atoms with Crippen LogP contribution < -0.4 is 10.6 Å². The molecule has 0 bridgehead atoms. The minimum atomic E-state index is 0.607. The van der Waals surface area contributed by atoms with Crippen molar-refractivity contribution in [3.63, 3.8) is 0 Å². The standard InChI is InChI=1S/C8H13N3O/c1-6-2-8(12-11-6)5-10-7-3-9-4-7/h2,7,9-10H,3-5H2,1H3. The topological polar surface area (TPSA) is 50.1 Å². The third-order valence-corrected chi connectivity index (χ3v) is 2.02. The number of aryl methyl sites for hydroxylation is 1. The van der Waals surface area contributed by atoms with Gasteiger partial charge in [0.2, 0.25) is 0 Å². The molecule has 1 saturated heterocycles. The summed E-state index contributed by atoms with van der Waals surface area (Å²) in [6, 6.07) is 2.56. The summed E-state index contributed by atoms with van der Waals surface area (Å²) in [6.07, 6.45) is 0. The Morgan fingerprint density at radius 1 is 1.75 bits per heavy atom.